The minimum absolute atomic E-state index is 1.29. The van der Waals surface area contributed by atoms with Crippen LogP contribution in [0.3, 0.4) is 0 Å². The maximum Gasteiger partial charge on any atom is 0.425 e. The van der Waals surface area contributed by atoms with E-state index in [1.165, 1.54) is 9.79 Å². The van der Waals surface area contributed by atoms with Crippen molar-refractivity contribution in [3.8, 4) is 0 Å². The molecule has 0 aliphatic rings. The van der Waals surface area contributed by atoms with E-state index in [0.29, 0.717) is 0 Å². The summed E-state index contributed by atoms with van der Waals surface area (Å²) >= 11 is 1.79. The maximum absolute atomic E-state index is 8.44. The molecule has 2 rings (SSSR count). The Labute approximate surface area is 106 Å². The van der Waals surface area contributed by atoms with Crippen molar-refractivity contribution < 1.29 is 12.6 Å². The molecule has 0 saturated carbocycles. The van der Waals surface area contributed by atoms with Gasteiger partial charge in [0.1, 0.15) is 0 Å². The quantitative estimate of drug-likeness (QED) is 0.838. The Balaban J connectivity index is 0.000000317. The van der Waals surface area contributed by atoms with Gasteiger partial charge in [-0.15, -0.1) is 12.6 Å². The molecule has 0 fully saturated rings. The van der Waals surface area contributed by atoms with E-state index >= 15 is 0 Å². The number of hydrogen-bond acceptors (Lipinski definition) is 4. The summed E-state index contributed by atoms with van der Waals surface area (Å²) in [6.45, 7) is 0. The van der Waals surface area contributed by atoms with Crippen LogP contribution in [0.2, 0.25) is 0 Å². The first kappa shape index (κ1) is 13.5. The van der Waals surface area contributed by atoms with Crippen molar-refractivity contribution in [1.82, 2.24) is 0 Å². The summed E-state index contributed by atoms with van der Waals surface area (Å²) in [5.74, 6) is 0. The molecule has 88 valence electrons. The molecule has 0 aliphatic carbocycles. The Hall–Kier alpha value is -1.59. The van der Waals surface area contributed by atoms with Crippen molar-refractivity contribution in [3.63, 3.8) is 0 Å². The lowest BCUT2D eigenvalue weighted by atomic mass is 10.4. The molecule has 17 heavy (non-hydrogen) atoms. The van der Waals surface area contributed by atoms with Gasteiger partial charge >= 0.3 is 10.6 Å². The van der Waals surface area contributed by atoms with Crippen LogP contribution in [0.5, 0.6) is 0 Å². The maximum atomic E-state index is 8.44. The van der Waals surface area contributed by atoms with Gasteiger partial charge in [0.05, 0.1) is 0 Å². The van der Waals surface area contributed by atoms with E-state index in [2.05, 4.69) is 48.5 Å². The lowest BCUT2D eigenvalue weighted by Gasteiger charge is -1.99. The molecule has 0 atom stereocenters. The van der Waals surface area contributed by atoms with Crippen LogP contribution in [0.4, 0.5) is 0 Å². The first-order valence-electron chi connectivity index (χ1n) is 4.73. The van der Waals surface area contributed by atoms with E-state index < -0.39 is 10.6 Å². The average molecular weight is 266 g/mol. The Kier molecular flexibility index (Phi) is 6.06. The average Bonchev–Trinajstić information content (AvgIpc) is 2.31. The third-order valence-electron chi connectivity index (χ3n) is 1.72. The molecule has 0 heterocycles. The van der Waals surface area contributed by atoms with Crippen LogP contribution < -0.4 is 0 Å². The van der Waals surface area contributed by atoms with Gasteiger partial charge < -0.3 is 0 Å². The predicted molar refractivity (Wildman–Crippen MR) is 66.7 cm³/mol. The van der Waals surface area contributed by atoms with Crippen LogP contribution in [0.1, 0.15) is 0 Å². The van der Waals surface area contributed by atoms with Crippen LogP contribution in [-0.4, -0.2) is 12.6 Å². The van der Waals surface area contributed by atoms with E-state index in [4.69, 9.17) is 12.6 Å². The molecule has 2 aromatic rings. The van der Waals surface area contributed by atoms with Gasteiger partial charge in [-0.1, -0.05) is 48.2 Å². The zero-order chi connectivity index (χ0) is 12.5. The van der Waals surface area contributed by atoms with E-state index in [9.17, 15) is 0 Å². The van der Waals surface area contributed by atoms with E-state index in [0.717, 1.165) is 0 Å². The van der Waals surface area contributed by atoms with Crippen molar-refractivity contribution in [3.05, 3.63) is 60.7 Å². The van der Waals surface area contributed by atoms with Crippen molar-refractivity contribution in [2.45, 2.75) is 9.79 Å². The topological polar surface area (TPSA) is 51.2 Å². The van der Waals surface area contributed by atoms with Crippen LogP contribution in [0.15, 0.2) is 70.5 Å². The molecule has 0 spiro atoms. The van der Waals surface area contributed by atoms with Crippen molar-refractivity contribution in [1.29, 1.82) is 0 Å². The van der Waals surface area contributed by atoms with Crippen LogP contribution in [-0.2, 0) is 10.6 Å². The Bertz CT molecular complexity index is 492. The molecule has 0 radical (unpaired) electrons. The predicted octanol–water partition coefficient (Wildman–Crippen LogP) is 2.83. The minimum atomic E-state index is -3.11. The molecule has 0 bridgehead atoms. The second kappa shape index (κ2) is 7.65. The Morgan fingerprint density at radius 1 is 0.647 bits per heavy atom. The molecule has 5 heteroatoms. The van der Waals surface area contributed by atoms with Gasteiger partial charge in [-0.25, -0.2) is 0 Å². The van der Waals surface area contributed by atoms with Crippen molar-refractivity contribution >= 4 is 22.4 Å². The summed E-state index contributed by atoms with van der Waals surface area (Å²) < 4.78 is 25.3. The molecule has 0 aliphatic heterocycles. The first-order chi connectivity index (χ1) is 8.18. The van der Waals surface area contributed by atoms with Gasteiger partial charge in [0, 0.05) is 9.79 Å². The van der Waals surface area contributed by atoms with Gasteiger partial charge in [0.15, 0.2) is 0 Å². The van der Waals surface area contributed by atoms with Gasteiger partial charge in [-0.05, 0) is 24.3 Å². The molecular weight excluding hydrogens is 256 g/mol. The van der Waals surface area contributed by atoms with Gasteiger partial charge in [-0.2, -0.15) is 0 Å². The smallest absolute Gasteiger partial charge is 0.142 e. The van der Waals surface area contributed by atoms with Crippen LogP contribution in [0, 0.1) is 0 Å². The standard InChI is InChI=1S/C12H10S.O3S/c1-3-7-11(8-4-1)13-12-9-5-2-6-10-12;1-4(2)3/h1-10H;. The zero-order valence-corrected chi connectivity index (χ0v) is 10.4. The molecular formula is C12H10O3S2. The van der Waals surface area contributed by atoms with Crippen LogP contribution in [0.25, 0.3) is 0 Å². The summed E-state index contributed by atoms with van der Waals surface area (Å²) in [7, 11) is -3.11. The Morgan fingerprint density at radius 3 is 1.24 bits per heavy atom. The minimum Gasteiger partial charge on any atom is -0.142 e. The summed E-state index contributed by atoms with van der Waals surface area (Å²) in [5.41, 5.74) is 0. The normalized spacial score (nSPS) is 8.94. The number of rotatable bonds is 2. The second-order valence-corrected chi connectivity index (χ2v) is 4.49. The third kappa shape index (κ3) is 6.55. The van der Waals surface area contributed by atoms with Gasteiger partial charge in [0.2, 0.25) is 0 Å². The summed E-state index contributed by atoms with van der Waals surface area (Å²) in [6, 6.07) is 20.8. The largest absolute Gasteiger partial charge is 0.425 e. The highest BCUT2D eigenvalue weighted by Gasteiger charge is 1.93. The van der Waals surface area contributed by atoms with E-state index in [1.807, 2.05) is 12.1 Å². The fraction of sp³-hybridized carbons (Fsp3) is 0. The molecule has 0 aromatic heterocycles. The van der Waals surface area contributed by atoms with Gasteiger partial charge in [0.25, 0.3) is 0 Å². The highest BCUT2D eigenvalue weighted by Crippen LogP contribution is 2.26. The monoisotopic (exact) mass is 266 g/mol. The van der Waals surface area contributed by atoms with Gasteiger partial charge in [-0.3, -0.25) is 0 Å². The summed E-state index contributed by atoms with van der Waals surface area (Å²) in [6.07, 6.45) is 0. The summed E-state index contributed by atoms with van der Waals surface area (Å²) in [5, 5.41) is 0. The van der Waals surface area contributed by atoms with E-state index in [-0.39, 0.29) is 0 Å². The highest BCUT2D eigenvalue weighted by atomic mass is 32.2. The first-order valence-corrected chi connectivity index (χ1v) is 6.55. The number of benzene rings is 2. The van der Waals surface area contributed by atoms with Crippen LogP contribution >= 0.6 is 11.8 Å². The van der Waals surface area contributed by atoms with Crippen molar-refractivity contribution in [2.75, 3.05) is 0 Å². The fourth-order valence-electron chi connectivity index (χ4n) is 1.11. The lowest BCUT2D eigenvalue weighted by molar-refractivity contribution is 0.559. The summed E-state index contributed by atoms with van der Waals surface area (Å²) in [4.78, 5) is 2.57. The molecule has 0 amide bonds. The van der Waals surface area contributed by atoms with Crippen molar-refractivity contribution in [2.24, 2.45) is 0 Å². The molecule has 0 saturated heterocycles. The van der Waals surface area contributed by atoms with E-state index in [1.54, 1.807) is 11.8 Å². The lowest BCUT2D eigenvalue weighted by Crippen LogP contribution is -1.70. The molecule has 2 aromatic carbocycles. The molecule has 3 nitrogen and oxygen atoms in total. The third-order valence-corrected chi connectivity index (χ3v) is 2.74. The SMILES string of the molecule is O=S(=O)=O.c1ccc(Sc2ccccc2)cc1. The second-order valence-electron chi connectivity index (χ2n) is 2.93. The highest BCUT2D eigenvalue weighted by molar-refractivity contribution is 7.99. The Morgan fingerprint density at radius 2 is 0.941 bits per heavy atom. The molecule has 0 N–H and O–H groups in total. The fourth-order valence-corrected chi connectivity index (χ4v) is 1.97. The zero-order valence-electron chi connectivity index (χ0n) is 8.81. The number of hydrogen-bond donors (Lipinski definition) is 0. The molecule has 0 unspecified atom stereocenters.